The van der Waals surface area contributed by atoms with Crippen LogP contribution in [0.4, 0.5) is 11.5 Å². The average Bonchev–Trinajstić information content (AvgIpc) is 3.54. The summed E-state index contributed by atoms with van der Waals surface area (Å²) in [5.74, 6) is 1.24. The molecule has 10 nitrogen and oxygen atoms in total. The number of carbonyl (C=O) groups excluding carboxylic acids is 1. The maximum Gasteiger partial charge on any atom is 0.277 e. The number of piperidine rings is 1. The molecule has 0 aliphatic carbocycles. The third kappa shape index (κ3) is 5.23. The number of anilines is 2. The highest BCUT2D eigenvalue weighted by molar-refractivity contribution is 6.05. The molecule has 188 valence electrons. The first-order valence-corrected chi connectivity index (χ1v) is 12.5. The first-order chi connectivity index (χ1) is 17.6. The van der Waals surface area contributed by atoms with Crippen LogP contribution < -0.4 is 10.2 Å². The Morgan fingerprint density at radius 2 is 2.00 bits per heavy atom. The molecule has 2 N–H and O–H groups in total. The summed E-state index contributed by atoms with van der Waals surface area (Å²) >= 11 is 0. The molecule has 1 saturated heterocycles. The molecule has 5 heterocycles. The molecule has 5 rings (SSSR count). The molecule has 0 spiro atoms. The molecule has 0 radical (unpaired) electrons. The first-order valence-electron chi connectivity index (χ1n) is 12.5. The van der Waals surface area contributed by atoms with Crippen LogP contribution in [-0.4, -0.2) is 50.6 Å². The van der Waals surface area contributed by atoms with E-state index in [2.05, 4.69) is 25.2 Å². The van der Waals surface area contributed by atoms with Crippen molar-refractivity contribution in [2.24, 2.45) is 0 Å². The molecule has 4 aromatic rings. The number of oxazole rings is 2. The maximum absolute atomic E-state index is 13.2. The quantitative estimate of drug-likeness (QED) is 0.325. The van der Waals surface area contributed by atoms with Crippen molar-refractivity contribution in [1.29, 1.82) is 0 Å². The molecule has 0 bridgehead atoms. The highest BCUT2D eigenvalue weighted by Crippen LogP contribution is 2.31. The van der Waals surface area contributed by atoms with Gasteiger partial charge in [-0.1, -0.05) is 6.42 Å². The molecular weight excluding hydrogens is 460 g/mol. The molecule has 1 aliphatic heterocycles. The van der Waals surface area contributed by atoms with Gasteiger partial charge in [0, 0.05) is 44.1 Å². The second kappa shape index (κ2) is 10.9. The first kappa shape index (κ1) is 23.9. The van der Waals surface area contributed by atoms with Crippen LogP contribution in [0.25, 0.3) is 22.7 Å². The van der Waals surface area contributed by atoms with E-state index >= 15 is 0 Å². The molecule has 0 saturated carbocycles. The highest BCUT2D eigenvalue weighted by Gasteiger charge is 2.23. The summed E-state index contributed by atoms with van der Waals surface area (Å²) in [7, 11) is 0. The normalized spacial score (nSPS) is 13.9. The summed E-state index contributed by atoms with van der Waals surface area (Å²) in [4.78, 5) is 33.4. The SMILES string of the molecule is Cc1ncccc1-c1nc(C(=O)Nc2cc3oc(CCCCCO)nc3nc2N2CCCCC2)co1. The van der Waals surface area contributed by atoms with Crippen LogP contribution in [0.1, 0.15) is 60.6 Å². The van der Waals surface area contributed by atoms with Crippen molar-refractivity contribution in [1.82, 2.24) is 19.9 Å². The summed E-state index contributed by atoms with van der Waals surface area (Å²) in [6.07, 6.45) is 9.58. The number of nitrogens with one attached hydrogen (secondary N) is 1. The van der Waals surface area contributed by atoms with Gasteiger partial charge in [0.25, 0.3) is 5.91 Å². The van der Waals surface area contributed by atoms with E-state index in [4.69, 9.17) is 18.9 Å². The molecule has 1 aliphatic rings. The Morgan fingerprint density at radius 3 is 2.81 bits per heavy atom. The summed E-state index contributed by atoms with van der Waals surface area (Å²) in [5.41, 5.74) is 3.28. The number of aliphatic hydroxyl groups is 1. The van der Waals surface area contributed by atoms with Crippen molar-refractivity contribution in [3.05, 3.63) is 47.9 Å². The number of aryl methyl sites for hydroxylation is 2. The Labute approximate surface area is 208 Å². The third-order valence-electron chi connectivity index (χ3n) is 6.33. The summed E-state index contributed by atoms with van der Waals surface area (Å²) in [6.45, 7) is 3.78. The second-order valence-corrected chi connectivity index (χ2v) is 9.00. The zero-order valence-electron chi connectivity index (χ0n) is 20.4. The number of hydrogen-bond acceptors (Lipinski definition) is 9. The van der Waals surface area contributed by atoms with Gasteiger partial charge in [0.15, 0.2) is 23.0 Å². The molecule has 0 atom stereocenters. The minimum absolute atomic E-state index is 0.167. The number of carbonyl (C=O) groups is 1. The minimum Gasteiger partial charge on any atom is -0.444 e. The van der Waals surface area contributed by atoms with Crippen LogP contribution in [0, 0.1) is 6.92 Å². The minimum atomic E-state index is -0.394. The fourth-order valence-corrected chi connectivity index (χ4v) is 4.41. The van der Waals surface area contributed by atoms with Crippen LogP contribution in [0.3, 0.4) is 0 Å². The molecule has 4 aromatic heterocycles. The van der Waals surface area contributed by atoms with E-state index in [1.54, 1.807) is 18.3 Å². The molecular formula is C26H30N6O4. The highest BCUT2D eigenvalue weighted by atomic mass is 16.3. The Balaban J connectivity index is 1.41. The lowest BCUT2D eigenvalue weighted by atomic mass is 10.1. The van der Waals surface area contributed by atoms with Crippen molar-refractivity contribution >= 4 is 28.6 Å². The number of aliphatic hydroxyl groups excluding tert-OH is 1. The van der Waals surface area contributed by atoms with Gasteiger partial charge in [-0.2, -0.15) is 4.98 Å². The van der Waals surface area contributed by atoms with Gasteiger partial charge in [0.1, 0.15) is 6.26 Å². The largest absolute Gasteiger partial charge is 0.444 e. The van der Waals surface area contributed by atoms with Gasteiger partial charge in [-0.25, -0.2) is 9.97 Å². The standard InChI is InChI=1S/C26H30N6O4/c1-17-18(9-8-11-27-17)26-29-20(16-35-26)25(34)28-19-15-21-23(30-22(36-21)10-4-2-7-14-33)31-24(19)32-12-5-3-6-13-32/h8-9,11,15-16,33H,2-7,10,12-14H2,1H3,(H,28,34). The van der Waals surface area contributed by atoms with Crippen molar-refractivity contribution < 1.29 is 18.7 Å². The van der Waals surface area contributed by atoms with E-state index in [0.717, 1.165) is 56.5 Å². The monoisotopic (exact) mass is 490 g/mol. The predicted molar refractivity (Wildman–Crippen MR) is 135 cm³/mol. The molecule has 0 unspecified atom stereocenters. The van der Waals surface area contributed by atoms with Crippen LogP contribution in [0.15, 0.2) is 39.5 Å². The number of hydrogen-bond donors (Lipinski definition) is 2. The predicted octanol–water partition coefficient (Wildman–Crippen LogP) is 4.53. The van der Waals surface area contributed by atoms with Crippen molar-refractivity contribution in [3.63, 3.8) is 0 Å². The van der Waals surface area contributed by atoms with E-state index in [1.165, 1.54) is 12.7 Å². The zero-order chi connectivity index (χ0) is 24.9. The lowest BCUT2D eigenvalue weighted by Gasteiger charge is -2.29. The molecule has 36 heavy (non-hydrogen) atoms. The topological polar surface area (TPSA) is 130 Å². The number of aromatic nitrogens is 4. The summed E-state index contributed by atoms with van der Waals surface area (Å²) < 4.78 is 11.5. The number of fused-ring (bicyclic) bond motifs is 1. The number of unbranched alkanes of at least 4 members (excludes halogenated alkanes) is 2. The van der Waals surface area contributed by atoms with Gasteiger partial charge in [-0.3, -0.25) is 9.78 Å². The smallest absolute Gasteiger partial charge is 0.277 e. The third-order valence-corrected chi connectivity index (χ3v) is 6.33. The van der Waals surface area contributed by atoms with Crippen LogP contribution in [-0.2, 0) is 6.42 Å². The molecule has 1 amide bonds. The van der Waals surface area contributed by atoms with Gasteiger partial charge in [-0.15, -0.1) is 0 Å². The van der Waals surface area contributed by atoms with Crippen molar-refractivity contribution in [2.45, 2.75) is 51.9 Å². The Bertz CT molecular complexity index is 1340. The molecule has 1 fully saturated rings. The van der Waals surface area contributed by atoms with E-state index in [9.17, 15) is 4.79 Å². The lowest BCUT2D eigenvalue weighted by molar-refractivity contribution is 0.102. The number of pyridine rings is 2. The Hall–Kier alpha value is -3.79. The molecule has 10 heteroatoms. The Morgan fingerprint density at radius 1 is 1.14 bits per heavy atom. The fraction of sp³-hybridized carbons (Fsp3) is 0.423. The van der Waals surface area contributed by atoms with Gasteiger partial charge in [-0.05, 0) is 51.2 Å². The van der Waals surface area contributed by atoms with Crippen molar-refractivity contribution in [2.75, 3.05) is 29.9 Å². The van der Waals surface area contributed by atoms with Gasteiger partial charge < -0.3 is 24.2 Å². The van der Waals surface area contributed by atoms with Crippen molar-refractivity contribution in [3.8, 4) is 11.5 Å². The van der Waals surface area contributed by atoms with Crippen LogP contribution in [0.2, 0.25) is 0 Å². The second-order valence-electron chi connectivity index (χ2n) is 9.00. The number of amides is 1. The van der Waals surface area contributed by atoms with Crippen LogP contribution >= 0.6 is 0 Å². The van der Waals surface area contributed by atoms with Crippen LogP contribution in [0.5, 0.6) is 0 Å². The van der Waals surface area contributed by atoms with E-state index in [-0.39, 0.29) is 12.3 Å². The lowest BCUT2D eigenvalue weighted by Crippen LogP contribution is -2.31. The zero-order valence-corrected chi connectivity index (χ0v) is 20.4. The average molecular weight is 491 g/mol. The van der Waals surface area contributed by atoms with E-state index in [1.807, 2.05) is 13.0 Å². The maximum atomic E-state index is 13.2. The molecule has 0 aromatic carbocycles. The van der Waals surface area contributed by atoms with Gasteiger partial charge >= 0.3 is 0 Å². The summed E-state index contributed by atoms with van der Waals surface area (Å²) in [5, 5.41) is 12.0. The Kier molecular flexibility index (Phi) is 7.22. The number of rotatable bonds is 9. The van der Waals surface area contributed by atoms with Gasteiger partial charge in [0.2, 0.25) is 11.5 Å². The van der Waals surface area contributed by atoms with E-state index < -0.39 is 5.91 Å². The summed E-state index contributed by atoms with van der Waals surface area (Å²) in [6, 6.07) is 5.45. The fourth-order valence-electron chi connectivity index (χ4n) is 4.41. The van der Waals surface area contributed by atoms with E-state index in [0.29, 0.717) is 40.9 Å². The number of nitrogens with zero attached hydrogens (tertiary/aromatic N) is 5. The van der Waals surface area contributed by atoms with Gasteiger partial charge in [0.05, 0.1) is 11.3 Å².